The van der Waals surface area contributed by atoms with Crippen LogP contribution >= 0.6 is 0 Å². The Morgan fingerprint density at radius 3 is 2.59 bits per heavy atom. The Balaban J connectivity index is 1.65. The van der Waals surface area contributed by atoms with Crippen LogP contribution in [0.2, 0.25) is 0 Å². The number of hydrogen-bond donors (Lipinski definition) is 3. The van der Waals surface area contributed by atoms with E-state index in [0.717, 1.165) is 5.39 Å². The third kappa shape index (κ3) is 3.97. The number of furan rings is 1. The molecule has 3 N–H and O–H groups in total. The average molecular weight is 363 g/mol. The second-order valence-corrected chi connectivity index (χ2v) is 6.22. The van der Waals surface area contributed by atoms with Crippen molar-refractivity contribution in [2.24, 2.45) is 0 Å². The lowest BCUT2D eigenvalue weighted by Gasteiger charge is -2.21. The van der Waals surface area contributed by atoms with Crippen LogP contribution in [0, 0.1) is 11.3 Å². The molecule has 7 nitrogen and oxygen atoms in total. The van der Waals surface area contributed by atoms with E-state index in [2.05, 4.69) is 10.6 Å². The van der Waals surface area contributed by atoms with Crippen LogP contribution in [0.4, 0.5) is 5.69 Å². The topological polar surface area (TPSA) is 115 Å². The number of hydrogen-bond acceptors (Lipinski definition) is 5. The molecule has 0 fully saturated rings. The van der Waals surface area contributed by atoms with Crippen LogP contribution in [0.25, 0.3) is 11.0 Å². The highest BCUT2D eigenvalue weighted by Crippen LogP contribution is 2.27. The van der Waals surface area contributed by atoms with E-state index in [1.807, 2.05) is 24.3 Å². The van der Waals surface area contributed by atoms with Gasteiger partial charge in [-0.2, -0.15) is 5.26 Å². The van der Waals surface area contributed by atoms with Gasteiger partial charge in [0.05, 0.1) is 17.8 Å². The number of rotatable bonds is 4. The van der Waals surface area contributed by atoms with E-state index in [9.17, 15) is 14.7 Å². The molecule has 0 aliphatic heterocycles. The summed E-state index contributed by atoms with van der Waals surface area (Å²) in [5.41, 5.74) is -0.401. The van der Waals surface area contributed by atoms with Gasteiger partial charge in [-0.25, -0.2) is 0 Å². The summed E-state index contributed by atoms with van der Waals surface area (Å²) < 4.78 is 5.61. The number of aliphatic hydroxyl groups is 1. The lowest BCUT2D eigenvalue weighted by molar-refractivity contribution is -0.136. The molecule has 1 atom stereocenters. The van der Waals surface area contributed by atoms with Crippen molar-refractivity contribution >= 4 is 28.5 Å². The number of carbonyl (C=O) groups is 2. The van der Waals surface area contributed by atoms with Crippen molar-refractivity contribution in [3.8, 4) is 6.07 Å². The molecular formula is C20H17N3O4. The number of anilines is 1. The summed E-state index contributed by atoms with van der Waals surface area (Å²) in [6, 6.07) is 17.2. The van der Waals surface area contributed by atoms with Crippen LogP contribution in [0.3, 0.4) is 0 Å². The van der Waals surface area contributed by atoms with E-state index in [-0.39, 0.29) is 23.6 Å². The molecule has 2 amide bonds. The smallest absolute Gasteiger partial charge is 0.313 e. The first-order valence-corrected chi connectivity index (χ1v) is 8.20. The molecule has 3 rings (SSSR count). The molecule has 0 aliphatic carbocycles. The predicted octanol–water partition coefficient (Wildman–Crippen LogP) is 2.27. The highest BCUT2D eigenvalue weighted by Gasteiger charge is 2.29. The summed E-state index contributed by atoms with van der Waals surface area (Å²) >= 11 is 0. The van der Waals surface area contributed by atoms with Gasteiger partial charge in [0.25, 0.3) is 0 Å². The number of nitrogens with one attached hydrogen (secondary N) is 2. The van der Waals surface area contributed by atoms with Gasteiger partial charge < -0.3 is 20.2 Å². The minimum atomic E-state index is -1.50. The van der Waals surface area contributed by atoms with E-state index in [1.54, 1.807) is 24.3 Å². The maximum atomic E-state index is 12.0. The van der Waals surface area contributed by atoms with Crippen LogP contribution in [-0.4, -0.2) is 23.5 Å². The first kappa shape index (κ1) is 18.2. The molecule has 0 bridgehead atoms. The molecule has 0 spiro atoms. The average Bonchev–Trinajstić information content (AvgIpc) is 3.12. The van der Waals surface area contributed by atoms with Gasteiger partial charge in [0.1, 0.15) is 23.0 Å². The van der Waals surface area contributed by atoms with Gasteiger partial charge in [-0.1, -0.05) is 30.3 Å². The standard InChI is InChI=1S/C20H17N3O4/c1-20(26,17-10-13-6-3-5-9-16(13)27-17)12-22-18(24)19(25)23-15-8-4-2-7-14(15)11-21/h2-10,26H,12H2,1H3,(H,22,24)(H,23,25). The van der Waals surface area contributed by atoms with Crippen molar-refractivity contribution in [1.29, 1.82) is 5.26 Å². The Kier molecular flexibility index (Phi) is 4.92. The van der Waals surface area contributed by atoms with Crippen LogP contribution in [0.1, 0.15) is 18.2 Å². The van der Waals surface area contributed by atoms with E-state index in [4.69, 9.17) is 9.68 Å². The SMILES string of the molecule is CC(O)(CNC(=O)C(=O)Nc1ccccc1C#N)c1cc2ccccc2o1. The minimum Gasteiger partial charge on any atom is -0.458 e. The van der Waals surface area contributed by atoms with Crippen molar-refractivity contribution in [2.45, 2.75) is 12.5 Å². The predicted molar refractivity (Wildman–Crippen MR) is 98.6 cm³/mol. The third-order valence-electron chi connectivity index (χ3n) is 4.05. The van der Waals surface area contributed by atoms with Crippen LogP contribution in [0.5, 0.6) is 0 Å². The summed E-state index contributed by atoms with van der Waals surface area (Å²) in [7, 11) is 0. The lowest BCUT2D eigenvalue weighted by atomic mass is 10.0. The molecule has 1 unspecified atom stereocenters. The van der Waals surface area contributed by atoms with Crippen LogP contribution < -0.4 is 10.6 Å². The molecule has 2 aromatic carbocycles. The fourth-order valence-electron chi connectivity index (χ4n) is 2.54. The van der Waals surface area contributed by atoms with Crippen molar-refractivity contribution in [1.82, 2.24) is 5.32 Å². The zero-order valence-electron chi connectivity index (χ0n) is 14.5. The van der Waals surface area contributed by atoms with Crippen molar-refractivity contribution in [2.75, 3.05) is 11.9 Å². The van der Waals surface area contributed by atoms with Gasteiger partial charge in [0.15, 0.2) is 0 Å². The molecule has 0 saturated heterocycles. The number of nitriles is 1. The molecule has 27 heavy (non-hydrogen) atoms. The Morgan fingerprint density at radius 2 is 1.85 bits per heavy atom. The second kappa shape index (κ2) is 7.32. The van der Waals surface area contributed by atoms with Gasteiger partial charge in [-0.3, -0.25) is 9.59 Å². The van der Waals surface area contributed by atoms with E-state index >= 15 is 0 Å². The van der Waals surface area contributed by atoms with Gasteiger partial charge in [-0.15, -0.1) is 0 Å². The number of nitrogens with zero attached hydrogens (tertiary/aromatic N) is 1. The van der Waals surface area contributed by atoms with Crippen LogP contribution in [0.15, 0.2) is 59.0 Å². The van der Waals surface area contributed by atoms with Crippen molar-refractivity contribution < 1.29 is 19.1 Å². The summed E-state index contributed by atoms with van der Waals surface area (Å²) in [6.45, 7) is 1.26. The Bertz CT molecular complexity index is 1010. The maximum Gasteiger partial charge on any atom is 0.313 e. The molecule has 7 heteroatoms. The molecule has 3 aromatic rings. The fourth-order valence-corrected chi connectivity index (χ4v) is 2.54. The molecule has 136 valence electrons. The summed E-state index contributed by atoms with van der Waals surface area (Å²) in [5, 5.41) is 25.2. The van der Waals surface area contributed by atoms with E-state index in [1.165, 1.54) is 19.1 Å². The summed E-state index contributed by atoms with van der Waals surface area (Å²) in [4.78, 5) is 24.1. The molecular weight excluding hydrogens is 346 g/mol. The van der Waals surface area contributed by atoms with Gasteiger partial charge in [0, 0.05) is 5.39 Å². The number of para-hydroxylation sites is 2. The van der Waals surface area contributed by atoms with Crippen molar-refractivity contribution in [3.05, 3.63) is 65.9 Å². The Hall–Kier alpha value is -3.63. The highest BCUT2D eigenvalue weighted by atomic mass is 16.4. The number of amides is 2. The van der Waals surface area contributed by atoms with Gasteiger partial charge in [0.2, 0.25) is 0 Å². The van der Waals surface area contributed by atoms with Gasteiger partial charge in [-0.05, 0) is 31.2 Å². The molecule has 0 saturated carbocycles. The molecule has 0 radical (unpaired) electrons. The highest BCUT2D eigenvalue weighted by molar-refractivity contribution is 6.39. The zero-order valence-corrected chi connectivity index (χ0v) is 14.5. The number of benzene rings is 2. The molecule has 1 heterocycles. The second-order valence-electron chi connectivity index (χ2n) is 6.22. The number of fused-ring (bicyclic) bond motifs is 1. The van der Waals surface area contributed by atoms with Gasteiger partial charge >= 0.3 is 11.8 Å². The normalized spacial score (nSPS) is 12.8. The van der Waals surface area contributed by atoms with E-state index < -0.39 is 17.4 Å². The fraction of sp³-hybridized carbons (Fsp3) is 0.150. The Labute approximate surface area is 155 Å². The zero-order chi connectivity index (χ0) is 19.4. The van der Waals surface area contributed by atoms with Crippen molar-refractivity contribution in [3.63, 3.8) is 0 Å². The number of carbonyl (C=O) groups excluding carboxylic acids is 2. The summed E-state index contributed by atoms with van der Waals surface area (Å²) in [6.07, 6.45) is 0. The quantitative estimate of drug-likeness (QED) is 0.615. The Morgan fingerprint density at radius 1 is 1.15 bits per heavy atom. The van der Waals surface area contributed by atoms with E-state index in [0.29, 0.717) is 5.58 Å². The monoisotopic (exact) mass is 363 g/mol. The molecule has 1 aromatic heterocycles. The first-order chi connectivity index (χ1) is 12.9. The lowest BCUT2D eigenvalue weighted by Crippen LogP contribution is -2.43. The van der Waals surface area contributed by atoms with Crippen LogP contribution in [-0.2, 0) is 15.2 Å². The maximum absolute atomic E-state index is 12.0. The minimum absolute atomic E-state index is 0.223. The largest absolute Gasteiger partial charge is 0.458 e. The summed E-state index contributed by atoms with van der Waals surface area (Å²) in [5.74, 6) is -1.59. The first-order valence-electron chi connectivity index (χ1n) is 8.20. The third-order valence-corrected chi connectivity index (χ3v) is 4.05. The molecule has 0 aliphatic rings.